The number of sulfone groups is 1. The maximum Gasteiger partial charge on any atom is 0.414 e. The van der Waals surface area contributed by atoms with Crippen LogP contribution in [0.4, 0.5) is 5.69 Å². The molecule has 0 atom stereocenters. The molecule has 3 aromatic carbocycles. The van der Waals surface area contributed by atoms with Crippen LogP contribution in [0.15, 0.2) is 112 Å². The molecule has 0 aliphatic rings. The number of aromatic nitrogens is 2. The minimum atomic E-state index is -4.20. The average molecular weight is 832 g/mol. The smallest absolute Gasteiger partial charge is 0.414 e. The van der Waals surface area contributed by atoms with Gasteiger partial charge >= 0.3 is 28.1 Å². The van der Waals surface area contributed by atoms with Crippen LogP contribution in [-0.2, 0) is 14.6 Å². The van der Waals surface area contributed by atoms with Gasteiger partial charge in [0.1, 0.15) is 16.7 Å². The Balaban J connectivity index is 0.929. The minimum absolute atomic E-state index is 0.0867. The third kappa shape index (κ3) is 10.6. The predicted molar refractivity (Wildman–Crippen MR) is 215 cm³/mol. The molecule has 59 heavy (non-hydrogen) atoms. The van der Waals surface area contributed by atoms with Crippen molar-refractivity contribution in [2.45, 2.75) is 68.7 Å². The number of nitrogens with zero attached hydrogens (tertiary/aromatic N) is 3. The highest BCUT2D eigenvalue weighted by Crippen LogP contribution is 2.33. The molecule has 0 fully saturated rings. The maximum atomic E-state index is 12.9. The molecule has 3 aromatic heterocycles. The summed E-state index contributed by atoms with van der Waals surface area (Å²) in [6.07, 6.45) is 4.51. The van der Waals surface area contributed by atoms with Gasteiger partial charge in [-0.25, -0.2) is 22.8 Å². The number of carbonyl (C=O) groups is 1. The largest absolute Gasteiger partial charge is 0.490 e. The van der Waals surface area contributed by atoms with Gasteiger partial charge in [-0.05, 0) is 106 Å². The Morgan fingerprint density at radius 1 is 0.729 bits per heavy atom. The van der Waals surface area contributed by atoms with E-state index in [2.05, 4.69) is 14.7 Å². The number of benzene rings is 3. The number of anilines is 1. The summed E-state index contributed by atoms with van der Waals surface area (Å²) in [5, 5.41) is 16.2. The van der Waals surface area contributed by atoms with E-state index in [1.165, 1.54) is 36.4 Å². The van der Waals surface area contributed by atoms with Crippen molar-refractivity contribution in [3.05, 3.63) is 110 Å². The minimum Gasteiger partial charge on any atom is -0.490 e. The summed E-state index contributed by atoms with van der Waals surface area (Å²) >= 11 is 0. The molecule has 6 aromatic rings. The first-order chi connectivity index (χ1) is 28.6. The zero-order valence-electron chi connectivity index (χ0n) is 32.8. The van der Waals surface area contributed by atoms with E-state index in [4.69, 9.17) is 27.8 Å². The van der Waals surface area contributed by atoms with Gasteiger partial charge in [-0.15, -0.1) is 0 Å². The molecule has 0 spiro atoms. The fraction of sp³-hybridized carbons (Fsp3) is 0.357. The number of hydrogen-bond donors (Lipinski definition) is 0. The lowest BCUT2D eigenvalue weighted by molar-refractivity contribution is -0.832. The molecule has 312 valence electrons. The van der Waals surface area contributed by atoms with Crippen molar-refractivity contribution < 1.29 is 50.5 Å². The van der Waals surface area contributed by atoms with Crippen molar-refractivity contribution in [2.24, 2.45) is 0 Å². The van der Waals surface area contributed by atoms with Gasteiger partial charge in [0, 0.05) is 47.7 Å². The third-order valence-electron chi connectivity index (χ3n) is 9.42. The lowest BCUT2D eigenvalue weighted by Gasteiger charge is -2.20. The second-order valence-electron chi connectivity index (χ2n) is 13.4. The highest BCUT2D eigenvalue weighted by molar-refractivity contribution is 7.91. The van der Waals surface area contributed by atoms with Crippen LogP contribution in [0.2, 0.25) is 0 Å². The molecule has 0 aliphatic carbocycles. The van der Waals surface area contributed by atoms with Gasteiger partial charge in [0.05, 0.1) is 36.5 Å². The lowest BCUT2D eigenvalue weighted by atomic mass is 10.1. The summed E-state index contributed by atoms with van der Waals surface area (Å²) < 4.78 is 64.2. The SMILES string of the molecule is CCN(CC)c1ccc2cc(C(=O)OCCCCCOc3cc4ccc(=O)oc4cc3OCCCCCCOc3no[n+]([O-])c3S(=O)(=O)c3ccccc3)c(=O)oc2c1. The van der Waals surface area contributed by atoms with Crippen molar-refractivity contribution >= 4 is 43.4 Å². The van der Waals surface area contributed by atoms with E-state index in [9.17, 15) is 28.0 Å². The zero-order chi connectivity index (χ0) is 41.8. The van der Waals surface area contributed by atoms with E-state index in [1.54, 1.807) is 30.3 Å². The van der Waals surface area contributed by atoms with Crippen LogP contribution in [0.3, 0.4) is 0 Å². The number of ether oxygens (including phenoxy) is 4. The number of hydrogen-bond acceptors (Lipinski definition) is 15. The van der Waals surface area contributed by atoms with Crippen LogP contribution in [0, 0.1) is 5.21 Å². The van der Waals surface area contributed by atoms with Crippen LogP contribution >= 0.6 is 0 Å². The van der Waals surface area contributed by atoms with E-state index in [1.807, 2.05) is 26.0 Å². The van der Waals surface area contributed by atoms with Crippen LogP contribution in [0.1, 0.15) is 69.2 Å². The molecule has 17 heteroatoms. The molecule has 0 aliphatic heterocycles. The first-order valence-corrected chi connectivity index (χ1v) is 20.9. The van der Waals surface area contributed by atoms with Gasteiger partial charge in [0.25, 0.3) is 9.84 Å². The molecule has 0 saturated heterocycles. The number of carbonyl (C=O) groups excluding carboxylic acids is 1. The molecule has 0 radical (unpaired) electrons. The molecule has 0 N–H and O–H groups in total. The Bertz CT molecular complexity index is 2580. The molecule has 3 heterocycles. The first-order valence-electron chi connectivity index (χ1n) is 19.4. The molecule has 0 amide bonds. The molecule has 0 saturated carbocycles. The van der Waals surface area contributed by atoms with Crippen molar-refractivity contribution in [1.29, 1.82) is 0 Å². The predicted octanol–water partition coefficient (Wildman–Crippen LogP) is 6.62. The summed E-state index contributed by atoms with van der Waals surface area (Å²) in [5.74, 6) is -0.254. The van der Waals surface area contributed by atoms with E-state index < -0.39 is 38.0 Å². The Morgan fingerprint density at radius 3 is 2.05 bits per heavy atom. The second kappa shape index (κ2) is 19.9. The third-order valence-corrected chi connectivity index (χ3v) is 11.1. The monoisotopic (exact) mass is 831 g/mol. The standard InChI is InChI=1S/C42H45N3O13S/c1-3-44(4-2)31-19-17-29-25-33(42(48)57-34(29)27-31)41(47)55-24-14-8-13-22-52-36-26-30-18-20-38(46)56-35(30)28-37(36)53-21-11-5-6-12-23-54-39-40(45(49)58-43-39)59(50,51)32-15-9-7-10-16-32/h7,9-10,15-20,25-28H,3-6,8,11-14,21-24H2,1-2H3. The Labute approximate surface area is 339 Å². The van der Waals surface area contributed by atoms with Gasteiger partial charge in [-0.3, -0.25) is 4.63 Å². The highest BCUT2D eigenvalue weighted by Gasteiger charge is 2.35. The van der Waals surface area contributed by atoms with Gasteiger partial charge in [-0.2, -0.15) is 0 Å². The van der Waals surface area contributed by atoms with E-state index in [-0.39, 0.29) is 28.6 Å². The summed E-state index contributed by atoms with van der Waals surface area (Å²) in [5.41, 5.74) is 0.292. The summed E-state index contributed by atoms with van der Waals surface area (Å²) in [6, 6.07) is 20.8. The summed E-state index contributed by atoms with van der Waals surface area (Å²) in [6.45, 7) is 6.59. The van der Waals surface area contributed by atoms with Gasteiger partial charge in [-0.1, -0.05) is 18.2 Å². The summed E-state index contributed by atoms with van der Waals surface area (Å²) in [7, 11) is -4.20. The van der Waals surface area contributed by atoms with Crippen LogP contribution in [0.5, 0.6) is 17.4 Å². The van der Waals surface area contributed by atoms with E-state index >= 15 is 0 Å². The molecule has 0 unspecified atom stereocenters. The lowest BCUT2D eigenvalue weighted by Crippen LogP contribution is -2.30. The van der Waals surface area contributed by atoms with E-state index in [0.717, 1.165) is 25.2 Å². The Kier molecular flexibility index (Phi) is 14.2. The van der Waals surface area contributed by atoms with Crippen molar-refractivity contribution in [3.63, 3.8) is 0 Å². The van der Waals surface area contributed by atoms with Crippen LogP contribution in [0.25, 0.3) is 21.9 Å². The first kappa shape index (κ1) is 42.3. The van der Waals surface area contributed by atoms with Crippen molar-refractivity contribution in [3.8, 4) is 17.4 Å². The number of rotatable bonds is 22. The molecule has 16 nitrogen and oxygen atoms in total. The number of esters is 1. The van der Waals surface area contributed by atoms with Gasteiger partial charge in [0.15, 0.2) is 11.5 Å². The topological polar surface area (TPSA) is 205 Å². The van der Waals surface area contributed by atoms with Crippen molar-refractivity contribution in [2.75, 3.05) is 44.4 Å². The molecular weight excluding hydrogens is 787 g/mol. The van der Waals surface area contributed by atoms with E-state index in [0.29, 0.717) is 85.2 Å². The quantitative estimate of drug-likeness (QED) is 0.0305. The van der Waals surface area contributed by atoms with Gasteiger partial charge < -0.3 is 37.9 Å². The number of fused-ring (bicyclic) bond motifs is 2. The van der Waals surface area contributed by atoms with Crippen LogP contribution < -0.4 is 35.3 Å². The zero-order valence-corrected chi connectivity index (χ0v) is 33.6. The van der Waals surface area contributed by atoms with Crippen molar-refractivity contribution in [1.82, 2.24) is 5.16 Å². The summed E-state index contributed by atoms with van der Waals surface area (Å²) in [4.78, 5) is 39.1. The Hall–Kier alpha value is -6.36. The Morgan fingerprint density at radius 2 is 1.34 bits per heavy atom. The molecule has 0 bridgehead atoms. The molecule has 6 rings (SSSR count). The van der Waals surface area contributed by atoms with Gasteiger partial charge in [0.2, 0.25) is 0 Å². The normalized spacial score (nSPS) is 11.5. The average Bonchev–Trinajstić information content (AvgIpc) is 3.62. The number of unbranched alkanes of at least 4 members (excludes halogenated alkanes) is 5. The second-order valence-corrected chi connectivity index (χ2v) is 15.3. The maximum absolute atomic E-state index is 12.9. The molecular formula is C42H45N3O13S. The fourth-order valence-electron chi connectivity index (χ4n) is 6.28. The van der Waals surface area contributed by atoms with Crippen LogP contribution in [-0.4, -0.2) is 59.1 Å². The highest BCUT2D eigenvalue weighted by atomic mass is 32.2. The fourth-order valence-corrected chi connectivity index (χ4v) is 7.58.